The van der Waals surface area contributed by atoms with Crippen LogP contribution in [0.3, 0.4) is 0 Å². The molecule has 2 aromatic rings. The average molecular weight is 383 g/mol. The summed E-state index contributed by atoms with van der Waals surface area (Å²) in [5.41, 5.74) is 2.21. The van der Waals surface area contributed by atoms with Gasteiger partial charge in [-0.05, 0) is 44.9 Å². The van der Waals surface area contributed by atoms with Crippen LogP contribution in [0.2, 0.25) is 0 Å². The summed E-state index contributed by atoms with van der Waals surface area (Å²) in [6, 6.07) is 0. The van der Waals surface area contributed by atoms with Crippen molar-refractivity contribution in [3.63, 3.8) is 0 Å². The maximum absolute atomic E-state index is 12.4. The summed E-state index contributed by atoms with van der Waals surface area (Å²) >= 11 is 0. The SMILES string of the molecule is O=C(Cn1ncc2c(N3CCCCCC3)ncnc21)NCCC1=CCCCC1. The number of hydrogen-bond donors (Lipinski definition) is 1. The van der Waals surface area contributed by atoms with Gasteiger partial charge in [0.1, 0.15) is 18.7 Å². The summed E-state index contributed by atoms with van der Waals surface area (Å²) in [7, 11) is 0. The largest absolute Gasteiger partial charge is 0.356 e. The minimum atomic E-state index is -0.0173. The second kappa shape index (κ2) is 9.17. The highest BCUT2D eigenvalue weighted by atomic mass is 16.2. The van der Waals surface area contributed by atoms with Crippen molar-refractivity contribution in [1.82, 2.24) is 25.1 Å². The lowest BCUT2D eigenvalue weighted by atomic mass is 9.97. The van der Waals surface area contributed by atoms with E-state index >= 15 is 0 Å². The number of nitrogens with zero attached hydrogens (tertiary/aromatic N) is 5. The van der Waals surface area contributed by atoms with Gasteiger partial charge in [0, 0.05) is 19.6 Å². The highest BCUT2D eigenvalue weighted by molar-refractivity contribution is 5.87. The summed E-state index contributed by atoms with van der Waals surface area (Å²) in [6.45, 7) is 2.93. The van der Waals surface area contributed by atoms with Crippen LogP contribution in [-0.4, -0.2) is 45.3 Å². The highest BCUT2D eigenvalue weighted by Crippen LogP contribution is 2.25. The third-order valence-electron chi connectivity index (χ3n) is 5.76. The van der Waals surface area contributed by atoms with E-state index in [1.165, 1.54) is 56.9 Å². The molecule has 0 atom stereocenters. The molecule has 3 heterocycles. The Balaban J connectivity index is 1.39. The summed E-state index contributed by atoms with van der Waals surface area (Å²) in [4.78, 5) is 23.6. The maximum Gasteiger partial charge on any atom is 0.241 e. The Hall–Kier alpha value is -2.44. The van der Waals surface area contributed by atoms with Gasteiger partial charge in [-0.2, -0.15) is 5.10 Å². The van der Waals surface area contributed by atoms with Crippen LogP contribution in [-0.2, 0) is 11.3 Å². The van der Waals surface area contributed by atoms with E-state index in [9.17, 15) is 4.79 Å². The van der Waals surface area contributed by atoms with Crippen LogP contribution in [0, 0.1) is 0 Å². The van der Waals surface area contributed by atoms with Crippen LogP contribution in [0.1, 0.15) is 57.8 Å². The van der Waals surface area contributed by atoms with Gasteiger partial charge in [0.2, 0.25) is 5.91 Å². The van der Waals surface area contributed by atoms with Gasteiger partial charge in [0.25, 0.3) is 0 Å². The third-order valence-corrected chi connectivity index (χ3v) is 5.76. The average Bonchev–Trinajstić information content (AvgIpc) is 2.94. The molecule has 0 spiro atoms. The number of amides is 1. The van der Waals surface area contributed by atoms with Gasteiger partial charge in [-0.3, -0.25) is 4.79 Å². The lowest BCUT2D eigenvalue weighted by Gasteiger charge is -2.21. The van der Waals surface area contributed by atoms with E-state index in [0.717, 1.165) is 36.4 Å². The number of fused-ring (bicyclic) bond motifs is 1. The quantitative estimate of drug-likeness (QED) is 0.777. The Morgan fingerprint density at radius 2 is 1.93 bits per heavy atom. The first-order valence-electron chi connectivity index (χ1n) is 10.7. The molecule has 1 fully saturated rings. The molecule has 2 aromatic heterocycles. The lowest BCUT2D eigenvalue weighted by molar-refractivity contribution is -0.121. The Morgan fingerprint density at radius 1 is 1.07 bits per heavy atom. The monoisotopic (exact) mass is 382 g/mol. The second-order valence-electron chi connectivity index (χ2n) is 7.85. The minimum absolute atomic E-state index is 0.0173. The molecule has 28 heavy (non-hydrogen) atoms. The first-order valence-corrected chi connectivity index (χ1v) is 10.7. The minimum Gasteiger partial charge on any atom is -0.356 e. The third kappa shape index (κ3) is 4.51. The van der Waals surface area contributed by atoms with Crippen molar-refractivity contribution < 1.29 is 4.79 Å². The van der Waals surface area contributed by atoms with Crippen molar-refractivity contribution >= 4 is 22.8 Å². The van der Waals surface area contributed by atoms with Crippen LogP contribution in [0.4, 0.5) is 5.82 Å². The van der Waals surface area contributed by atoms with Gasteiger partial charge in [-0.1, -0.05) is 24.5 Å². The fraction of sp³-hybridized carbons (Fsp3) is 0.619. The zero-order valence-electron chi connectivity index (χ0n) is 16.6. The van der Waals surface area contributed by atoms with Crippen LogP contribution < -0.4 is 10.2 Å². The molecule has 7 nitrogen and oxygen atoms in total. The number of carbonyl (C=O) groups is 1. The molecule has 1 saturated heterocycles. The highest BCUT2D eigenvalue weighted by Gasteiger charge is 2.18. The number of allylic oxidation sites excluding steroid dienone is 1. The molecule has 1 N–H and O–H groups in total. The molecule has 1 aliphatic heterocycles. The molecule has 2 aliphatic rings. The molecule has 0 radical (unpaired) electrons. The zero-order valence-corrected chi connectivity index (χ0v) is 16.6. The van der Waals surface area contributed by atoms with Crippen molar-refractivity contribution in [2.45, 2.75) is 64.3 Å². The van der Waals surface area contributed by atoms with Gasteiger partial charge in [0.05, 0.1) is 11.6 Å². The second-order valence-corrected chi connectivity index (χ2v) is 7.85. The van der Waals surface area contributed by atoms with Gasteiger partial charge in [-0.25, -0.2) is 14.6 Å². The first kappa shape index (κ1) is 18.9. The van der Waals surface area contributed by atoms with E-state index in [0.29, 0.717) is 6.54 Å². The summed E-state index contributed by atoms with van der Waals surface area (Å²) in [6.07, 6.45) is 16.5. The standard InChI is InChI=1S/C21H30N6O/c28-19(22-11-10-17-8-4-3-5-9-17)15-27-21-18(14-25-27)20(23-16-24-21)26-12-6-1-2-7-13-26/h8,14,16H,1-7,9-13,15H2,(H,22,28). The Kier molecular flexibility index (Phi) is 6.19. The van der Waals surface area contributed by atoms with Crippen molar-refractivity contribution in [2.75, 3.05) is 24.5 Å². The van der Waals surface area contributed by atoms with Crippen LogP contribution in [0.25, 0.3) is 11.0 Å². The fourth-order valence-electron chi connectivity index (χ4n) is 4.22. The topological polar surface area (TPSA) is 75.9 Å². The molecule has 150 valence electrons. The molecule has 1 amide bonds. The maximum atomic E-state index is 12.4. The van der Waals surface area contributed by atoms with Gasteiger partial charge in [-0.15, -0.1) is 0 Å². The number of aromatic nitrogens is 4. The van der Waals surface area contributed by atoms with Gasteiger partial charge in [0.15, 0.2) is 5.65 Å². The van der Waals surface area contributed by atoms with Crippen LogP contribution in [0.15, 0.2) is 24.2 Å². The molecule has 0 bridgehead atoms. The number of hydrogen-bond acceptors (Lipinski definition) is 5. The molecule has 0 unspecified atom stereocenters. The predicted octanol–water partition coefficient (Wildman–Crippen LogP) is 3.21. The number of rotatable bonds is 6. The number of anilines is 1. The van der Waals surface area contributed by atoms with Crippen molar-refractivity contribution in [2.24, 2.45) is 0 Å². The van der Waals surface area contributed by atoms with Crippen molar-refractivity contribution in [1.29, 1.82) is 0 Å². The van der Waals surface area contributed by atoms with E-state index in [2.05, 4.69) is 31.4 Å². The fourth-order valence-corrected chi connectivity index (χ4v) is 4.22. The van der Waals surface area contributed by atoms with E-state index in [1.54, 1.807) is 17.2 Å². The van der Waals surface area contributed by atoms with Crippen LogP contribution in [0.5, 0.6) is 0 Å². The number of carbonyl (C=O) groups excluding carboxylic acids is 1. The van der Waals surface area contributed by atoms with E-state index in [-0.39, 0.29) is 12.5 Å². The summed E-state index contributed by atoms with van der Waals surface area (Å²) in [5.74, 6) is 0.930. The molecule has 4 rings (SSSR count). The molecule has 7 heteroatoms. The molecular weight excluding hydrogens is 352 g/mol. The molecule has 0 aromatic carbocycles. The number of nitrogens with one attached hydrogen (secondary N) is 1. The Bertz CT molecular complexity index is 835. The normalized spacial score (nSPS) is 18.0. The van der Waals surface area contributed by atoms with Gasteiger partial charge >= 0.3 is 0 Å². The van der Waals surface area contributed by atoms with E-state index in [1.807, 2.05) is 0 Å². The smallest absolute Gasteiger partial charge is 0.241 e. The van der Waals surface area contributed by atoms with E-state index in [4.69, 9.17) is 0 Å². The van der Waals surface area contributed by atoms with Crippen molar-refractivity contribution in [3.05, 3.63) is 24.2 Å². The van der Waals surface area contributed by atoms with Crippen LogP contribution >= 0.6 is 0 Å². The molecular formula is C21H30N6O. The first-order chi connectivity index (χ1) is 13.8. The summed E-state index contributed by atoms with van der Waals surface area (Å²) < 4.78 is 1.69. The lowest BCUT2D eigenvalue weighted by Crippen LogP contribution is -2.29. The predicted molar refractivity (Wildman–Crippen MR) is 110 cm³/mol. The van der Waals surface area contributed by atoms with Gasteiger partial charge < -0.3 is 10.2 Å². The molecule has 1 aliphatic carbocycles. The Labute approximate surface area is 166 Å². The summed E-state index contributed by atoms with van der Waals surface area (Å²) in [5, 5.41) is 8.39. The van der Waals surface area contributed by atoms with Crippen molar-refractivity contribution in [3.8, 4) is 0 Å². The van der Waals surface area contributed by atoms with E-state index < -0.39 is 0 Å². The molecule has 0 saturated carbocycles. The Morgan fingerprint density at radius 3 is 2.71 bits per heavy atom. The zero-order chi connectivity index (χ0) is 19.2.